The summed E-state index contributed by atoms with van der Waals surface area (Å²) in [5.74, 6) is 1.51. The van der Waals surface area contributed by atoms with E-state index < -0.39 is 6.10 Å². The third kappa shape index (κ3) is 5.35. The molecular formula is C24H26O4. The van der Waals surface area contributed by atoms with Gasteiger partial charge in [0, 0.05) is 0 Å². The van der Waals surface area contributed by atoms with Gasteiger partial charge in [-0.25, -0.2) is 0 Å². The zero-order valence-electron chi connectivity index (χ0n) is 16.3. The van der Waals surface area contributed by atoms with Gasteiger partial charge in [0.25, 0.3) is 0 Å². The van der Waals surface area contributed by atoms with Crippen molar-refractivity contribution >= 4 is 0 Å². The van der Waals surface area contributed by atoms with E-state index in [1.165, 1.54) is 5.56 Å². The SMILES string of the molecule is Cc1ccc(COc2ccc(-c3ccc(OCC(O)CO)cc3)c(C)c2)cc1. The first-order chi connectivity index (χ1) is 13.5. The smallest absolute Gasteiger partial charge is 0.120 e. The molecule has 0 aliphatic carbocycles. The van der Waals surface area contributed by atoms with Gasteiger partial charge in [-0.3, -0.25) is 0 Å². The fraction of sp³-hybridized carbons (Fsp3) is 0.250. The highest BCUT2D eigenvalue weighted by atomic mass is 16.5. The average molecular weight is 378 g/mol. The van der Waals surface area contributed by atoms with E-state index in [1.807, 2.05) is 36.4 Å². The second kappa shape index (κ2) is 9.40. The van der Waals surface area contributed by atoms with Crippen LogP contribution in [0, 0.1) is 13.8 Å². The molecule has 3 aromatic carbocycles. The zero-order chi connectivity index (χ0) is 19.9. The van der Waals surface area contributed by atoms with Crippen LogP contribution < -0.4 is 9.47 Å². The Bertz CT molecular complexity index is 885. The number of aliphatic hydroxyl groups is 2. The van der Waals surface area contributed by atoms with Gasteiger partial charge in [-0.15, -0.1) is 0 Å². The highest BCUT2D eigenvalue weighted by molar-refractivity contribution is 5.68. The van der Waals surface area contributed by atoms with Crippen LogP contribution >= 0.6 is 0 Å². The van der Waals surface area contributed by atoms with Crippen LogP contribution in [0.4, 0.5) is 0 Å². The quantitative estimate of drug-likeness (QED) is 0.614. The molecule has 2 N–H and O–H groups in total. The first-order valence-corrected chi connectivity index (χ1v) is 9.36. The molecule has 4 heteroatoms. The Morgan fingerprint density at radius 1 is 0.821 bits per heavy atom. The molecule has 0 amide bonds. The zero-order valence-corrected chi connectivity index (χ0v) is 16.3. The van der Waals surface area contributed by atoms with E-state index in [0.29, 0.717) is 12.4 Å². The van der Waals surface area contributed by atoms with Crippen LogP contribution in [-0.2, 0) is 6.61 Å². The fourth-order valence-electron chi connectivity index (χ4n) is 2.88. The summed E-state index contributed by atoms with van der Waals surface area (Å²) in [6.07, 6.45) is -0.866. The third-order valence-corrected chi connectivity index (χ3v) is 4.54. The van der Waals surface area contributed by atoms with Crippen molar-refractivity contribution in [3.63, 3.8) is 0 Å². The minimum absolute atomic E-state index is 0.0713. The topological polar surface area (TPSA) is 58.9 Å². The molecule has 0 heterocycles. The number of rotatable bonds is 8. The van der Waals surface area contributed by atoms with Crippen molar-refractivity contribution in [2.45, 2.75) is 26.6 Å². The van der Waals surface area contributed by atoms with Crippen LogP contribution in [0.1, 0.15) is 16.7 Å². The Morgan fingerprint density at radius 3 is 2.14 bits per heavy atom. The summed E-state index contributed by atoms with van der Waals surface area (Å²) in [6, 6.07) is 22.1. The van der Waals surface area contributed by atoms with Crippen molar-refractivity contribution in [3.05, 3.63) is 83.4 Å². The molecule has 0 saturated heterocycles. The van der Waals surface area contributed by atoms with Crippen molar-refractivity contribution in [1.82, 2.24) is 0 Å². The van der Waals surface area contributed by atoms with Crippen LogP contribution in [-0.4, -0.2) is 29.5 Å². The van der Waals surface area contributed by atoms with Gasteiger partial charge < -0.3 is 19.7 Å². The molecule has 146 valence electrons. The van der Waals surface area contributed by atoms with Crippen molar-refractivity contribution in [2.75, 3.05) is 13.2 Å². The summed E-state index contributed by atoms with van der Waals surface area (Å²) >= 11 is 0. The van der Waals surface area contributed by atoms with E-state index in [0.717, 1.165) is 28.0 Å². The summed E-state index contributed by atoms with van der Waals surface area (Å²) in [5.41, 5.74) is 5.73. The minimum Gasteiger partial charge on any atom is -0.491 e. The number of aliphatic hydroxyl groups excluding tert-OH is 2. The maximum Gasteiger partial charge on any atom is 0.120 e. The molecule has 1 atom stereocenters. The fourth-order valence-corrected chi connectivity index (χ4v) is 2.88. The molecule has 0 aliphatic rings. The molecule has 0 fully saturated rings. The molecule has 0 radical (unpaired) electrons. The summed E-state index contributed by atoms with van der Waals surface area (Å²) in [4.78, 5) is 0. The highest BCUT2D eigenvalue weighted by Crippen LogP contribution is 2.28. The van der Waals surface area contributed by atoms with Gasteiger partial charge in [0.05, 0.1) is 6.61 Å². The number of benzene rings is 3. The number of hydrogen-bond acceptors (Lipinski definition) is 4. The molecule has 3 rings (SSSR count). The van der Waals surface area contributed by atoms with Crippen molar-refractivity contribution in [2.24, 2.45) is 0 Å². The first-order valence-electron chi connectivity index (χ1n) is 9.36. The lowest BCUT2D eigenvalue weighted by molar-refractivity contribution is 0.0536. The molecular weight excluding hydrogens is 352 g/mol. The highest BCUT2D eigenvalue weighted by Gasteiger charge is 2.06. The monoisotopic (exact) mass is 378 g/mol. The van der Waals surface area contributed by atoms with Gasteiger partial charge in [0.15, 0.2) is 0 Å². The van der Waals surface area contributed by atoms with Crippen LogP contribution in [0.3, 0.4) is 0 Å². The maximum atomic E-state index is 9.36. The Morgan fingerprint density at radius 2 is 1.50 bits per heavy atom. The second-order valence-electron chi connectivity index (χ2n) is 6.92. The largest absolute Gasteiger partial charge is 0.491 e. The van der Waals surface area contributed by atoms with E-state index in [2.05, 4.69) is 44.2 Å². The number of hydrogen-bond donors (Lipinski definition) is 2. The van der Waals surface area contributed by atoms with Gasteiger partial charge >= 0.3 is 0 Å². The summed E-state index contributed by atoms with van der Waals surface area (Å²) in [6.45, 7) is 4.45. The van der Waals surface area contributed by atoms with E-state index >= 15 is 0 Å². The average Bonchev–Trinajstić information content (AvgIpc) is 2.72. The van der Waals surface area contributed by atoms with Crippen LogP contribution in [0.15, 0.2) is 66.7 Å². The normalized spacial score (nSPS) is 11.9. The Kier molecular flexibility index (Phi) is 6.69. The molecule has 0 spiro atoms. The van der Waals surface area contributed by atoms with Crippen LogP contribution in [0.25, 0.3) is 11.1 Å². The Labute approximate surface area is 166 Å². The lowest BCUT2D eigenvalue weighted by Gasteiger charge is -2.12. The standard InChI is InChI=1S/C24H26O4/c1-17-3-5-19(6-4-17)15-27-23-11-12-24(18(2)13-23)20-7-9-22(10-8-20)28-16-21(26)14-25/h3-13,21,25-26H,14-16H2,1-2H3. The third-order valence-electron chi connectivity index (χ3n) is 4.54. The summed E-state index contributed by atoms with van der Waals surface area (Å²) < 4.78 is 11.4. The number of aryl methyl sites for hydroxylation is 2. The van der Waals surface area contributed by atoms with Gasteiger partial charge in [-0.05, 0) is 60.4 Å². The van der Waals surface area contributed by atoms with Gasteiger partial charge in [0.2, 0.25) is 0 Å². The minimum atomic E-state index is -0.866. The second-order valence-corrected chi connectivity index (χ2v) is 6.92. The van der Waals surface area contributed by atoms with Crippen LogP contribution in [0.2, 0.25) is 0 Å². The molecule has 1 unspecified atom stereocenters. The molecule has 0 saturated carbocycles. The summed E-state index contributed by atoms with van der Waals surface area (Å²) in [7, 11) is 0. The Hall–Kier alpha value is -2.82. The summed E-state index contributed by atoms with van der Waals surface area (Å²) in [5, 5.41) is 18.2. The molecule has 3 aromatic rings. The lowest BCUT2D eigenvalue weighted by Crippen LogP contribution is -2.21. The van der Waals surface area contributed by atoms with Gasteiger partial charge in [-0.1, -0.05) is 48.0 Å². The first kappa shape index (κ1) is 19.9. The molecule has 4 nitrogen and oxygen atoms in total. The van der Waals surface area contributed by atoms with E-state index in [9.17, 15) is 5.11 Å². The van der Waals surface area contributed by atoms with Crippen molar-refractivity contribution in [3.8, 4) is 22.6 Å². The molecule has 0 aliphatic heterocycles. The van der Waals surface area contributed by atoms with Gasteiger partial charge in [-0.2, -0.15) is 0 Å². The van der Waals surface area contributed by atoms with E-state index in [1.54, 1.807) is 0 Å². The lowest BCUT2D eigenvalue weighted by atomic mass is 10.0. The number of ether oxygens (including phenoxy) is 2. The predicted octanol–water partition coefficient (Wildman–Crippen LogP) is 4.28. The molecule has 0 bridgehead atoms. The van der Waals surface area contributed by atoms with Gasteiger partial charge in [0.1, 0.15) is 30.8 Å². The molecule has 28 heavy (non-hydrogen) atoms. The predicted molar refractivity (Wildman–Crippen MR) is 111 cm³/mol. The van der Waals surface area contributed by atoms with E-state index in [-0.39, 0.29) is 13.2 Å². The van der Waals surface area contributed by atoms with Crippen molar-refractivity contribution < 1.29 is 19.7 Å². The van der Waals surface area contributed by atoms with Crippen molar-refractivity contribution in [1.29, 1.82) is 0 Å². The van der Waals surface area contributed by atoms with E-state index in [4.69, 9.17) is 14.6 Å². The van der Waals surface area contributed by atoms with Crippen LogP contribution in [0.5, 0.6) is 11.5 Å². The Balaban J connectivity index is 1.64. The molecule has 0 aromatic heterocycles. The maximum absolute atomic E-state index is 9.36.